The van der Waals surface area contributed by atoms with Gasteiger partial charge >= 0.3 is 0 Å². The third-order valence-electron chi connectivity index (χ3n) is 2.84. The molecule has 0 bridgehead atoms. The van der Waals surface area contributed by atoms with E-state index in [0.29, 0.717) is 19.6 Å². The zero-order chi connectivity index (χ0) is 15.8. The van der Waals surface area contributed by atoms with Gasteiger partial charge in [0.2, 0.25) is 5.91 Å². The highest BCUT2D eigenvalue weighted by Crippen LogP contribution is 2.22. The number of nitrogens with zero attached hydrogens (tertiary/aromatic N) is 2. The molecule has 0 atom stereocenters. The van der Waals surface area contributed by atoms with Gasteiger partial charge in [0.05, 0.1) is 6.54 Å². The molecule has 7 heteroatoms. The molecule has 0 aliphatic heterocycles. The maximum Gasteiger partial charge on any atom is 0.239 e. The molecule has 0 fully saturated rings. The Labute approximate surface area is 123 Å². The van der Waals surface area contributed by atoms with E-state index in [9.17, 15) is 13.6 Å². The van der Waals surface area contributed by atoms with Crippen LogP contribution in [-0.4, -0.2) is 37.1 Å². The summed E-state index contributed by atoms with van der Waals surface area (Å²) in [6.45, 7) is 6.92. The summed E-state index contributed by atoms with van der Waals surface area (Å²) in [5.74, 6) is -1.77. The molecule has 0 radical (unpaired) electrons. The van der Waals surface area contributed by atoms with Crippen LogP contribution in [0.4, 0.5) is 20.4 Å². The van der Waals surface area contributed by atoms with Crippen LogP contribution >= 0.6 is 0 Å². The number of anilines is 2. The molecule has 1 aromatic heterocycles. The van der Waals surface area contributed by atoms with E-state index in [1.807, 2.05) is 6.92 Å². The number of hydrogen-bond donors (Lipinski definition) is 2. The van der Waals surface area contributed by atoms with E-state index in [2.05, 4.69) is 15.6 Å². The van der Waals surface area contributed by atoms with Gasteiger partial charge in [-0.1, -0.05) is 6.92 Å². The van der Waals surface area contributed by atoms with Crippen LogP contribution in [0, 0.1) is 11.6 Å². The van der Waals surface area contributed by atoms with Crippen LogP contribution in [0.15, 0.2) is 6.07 Å². The van der Waals surface area contributed by atoms with Crippen LogP contribution in [0.25, 0.3) is 0 Å². The summed E-state index contributed by atoms with van der Waals surface area (Å²) in [6.07, 6.45) is 0.796. The predicted octanol–water partition coefficient (Wildman–Crippen LogP) is 2.14. The van der Waals surface area contributed by atoms with Crippen molar-refractivity contribution in [2.75, 3.05) is 36.4 Å². The number of likely N-dealkylation sites (N-methyl/N-ethyl adjacent to an activating group) is 2. The molecule has 1 amide bonds. The number of pyridine rings is 1. The average molecular weight is 300 g/mol. The number of hydrogen-bond acceptors (Lipinski definition) is 4. The lowest BCUT2D eigenvalue weighted by atomic mass is 10.3. The molecule has 0 unspecified atom stereocenters. The summed E-state index contributed by atoms with van der Waals surface area (Å²) in [5, 5.41) is 5.45. The van der Waals surface area contributed by atoms with Gasteiger partial charge in [0.25, 0.3) is 0 Å². The van der Waals surface area contributed by atoms with Gasteiger partial charge in [-0.15, -0.1) is 0 Å². The van der Waals surface area contributed by atoms with E-state index >= 15 is 0 Å². The monoisotopic (exact) mass is 300 g/mol. The Morgan fingerprint density at radius 3 is 2.57 bits per heavy atom. The second-order valence-corrected chi connectivity index (χ2v) is 4.52. The van der Waals surface area contributed by atoms with E-state index in [4.69, 9.17) is 0 Å². The lowest BCUT2D eigenvalue weighted by Gasteiger charge is -2.22. The summed E-state index contributed by atoms with van der Waals surface area (Å²) in [5.41, 5.74) is 0. The van der Waals surface area contributed by atoms with Gasteiger partial charge in [-0.3, -0.25) is 4.79 Å². The zero-order valence-electron chi connectivity index (χ0n) is 12.7. The van der Waals surface area contributed by atoms with E-state index < -0.39 is 11.6 Å². The SMILES string of the molecule is CCCNc1nc(N(CC)CC(=O)NCC)c(F)cc1F. The Balaban J connectivity index is 2.99. The van der Waals surface area contributed by atoms with Crippen molar-refractivity contribution < 1.29 is 13.6 Å². The van der Waals surface area contributed by atoms with Crippen molar-refractivity contribution in [1.82, 2.24) is 10.3 Å². The molecule has 118 valence electrons. The largest absolute Gasteiger partial charge is 0.368 e. The molecule has 0 saturated carbocycles. The molecule has 5 nitrogen and oxygen atoms in total. The fourth-order valence-corrected chi connectivity index (χ4v) is 1.81. The highest BCUT2D eigenvalue weighted by molar-refractivity contribution is 5.81. The van der Waals surface area contributed by atoms with Gasteiger partial charge in [0, 0.05) is 25.7 Å². The molecule has 2 N–H and O–H groups in total. The molecule has 0 saturated heterocycles. The third-order valence-corrected chi connectivity index (χ3v) is 2.84. The topological polar surface area (TPSA) is 57.3 Å². The number of carbonyl (C=O) groups is 1. The number of amides is 1. The number of nitrogens with one attached hydrogen (secondary N) is 2. The molecule has 0 aliphatic carbocycles. The fraction of sp³-hybridized carbons (Fsp3) is 0.571. The summed E-state index contributed by atoms with van der Waals surface area (Å²) in [6, 6.07) is 0.792. The normalized spacial score (nSPS) is 10.3. The standard InChI is InChI=1S/C14H22F2N4O/c1-4-7-18-13-10(15)8-11(16)14(19-13)20(6-3)9-12(21)17-5-2/h8H,4-7,9H2,1-3H3,(H,17,21)(H,18,19). The van der Waals surface area contributed by atoms with Crippen LogP contribution in [0.3, 0.4) is 0 Å². The predicted molar refractivity (Wildman–Crippen MR) is 79.5 cm³/mol. The first kappa shape index (κ1) is 17.1. The van der Waals surface area contributed by atoms with Crippen LogP contribution in [0.5, 0.6) is 0 Å². The summed E-state index contributed by atoms with van der Waals surface area (Å²) >= 11 is 0. The second-order valence-electron chi connectivity index (χ2n) is 4.52. The molecular weight excluding hydrogens is 278 g/mol. The first-order valence-electron chi connectivity index (χ1n) is 7.14. The molecule has 1 aromatic rings. The van der Waals surface area contributed by atoms with Crippen molar-refractivity contribution >= 4 is 17.5 Å². The highest BCUT2D eigenvalue weighted by Gasteiger charge is 2.18. The summed E-state index contributed by atoms with van der Waals surface area (Å²) in [7, 11) is 0. The quantitative estimate of drug-likeness (QED) is 0.772. The minimum atomic E-state index is -0.777. The Morgan fingerprint density at radius 1 is 1.29 bits per heavy atom. The van der Waals surface area contributed by atoms with Crippen molar-refractivity contribution in [1.29, 1.82) is 0 Å². The van der Waals surface area contributed by atoms with Crippen molar-refractivity contribution in [3.8, 4) is 0 Å². The van der Waals surface area contributed by atoms with Crippen molar-refractivity contribution in [2.24, 2.45) is 0 Å². The highest BCUT2D eigenvalue weighted by atomic mass is 19.1. The number of halogens is 2. The molecule has 0 spiro atoms. The van der Waals surface area contributed by atoms with Crippen molar-refractivity contribution in [2.45, 2.75) is 27.2 Å². The second kappa shape index (κ2) is 8.39. The van der Waals surface area contributed by atoms with Crippen LogP contribution in [0.1, 0.15) is 27.2 Å². The lowest BCUT2D eigenvalue weighted by molar-refractivity contribution is -0.119. The van der Waals surface area contributed by atoms with E-state index in [1.54, 1.807) is 13.8 Å². The number of aromatic nitrogens is 1. The first-order chi connectivity index (χ1) is 10.0. The fourth-order valence-electron chi connectivity index (χ4n) is 1.81. The Kier molecular flexibility index (Phi) is 6.84. The third kappa shape index (κ3) is 4.84. The molecule has 0 aromatic carbocycles. The van der Waals surface area contributed by atoms with Crippen molar-refractivity contribution in [3.05, 3.63) is 17.7 Å². The van der Waals surface area contributed by atoms with Gasteiger partial charge in [-0.2, -0.15) is 0 Å². The summed E-state index contributed by atoms with van der Waals surface area (Å²) in [4.78, 5) is 17.1. The molecular formula is C14H22F2N4O. The minimum absolute atomic E-state index is 0.00241. The van der Waals surface area contributed by atoms with E-state index in [0.717, 1.165) is 12.5 Å². The minimum Gasteiger partial charge on any atom is -0.368 e. The van der Waals surface area contributed by atoms with Crippen LogP contribution in [-0.2, 0) is 4.79 Å². The first-order valence-corrected chi connectivity index (χ1v) is 7.14. The number of rotatable bonds is 8. The smallest absolute Gasteiger partial charge is 0.239 e. The maximum absolute atomic E-state index is 13.9. The lowest BCUT2D eigenvalue weighted by Crippen LogP contribution is -2.38. The van der Waals surface area contributed by atoms with Gasteiger partial charge in [0.1, 0.15) is 0 Å². The van der Waals surface area contributed by atoms with Crippen LogP contribution < -0.4 is 15.5 Å². The Bertz CT molecular complexity index is 482. The van der Waals surface area contributed by atoms with Gasteiger partial charge in [0.15, 0.2) is 23.3 Å². The average Bonchev–Trinajstić information content (AvgIpc) is 2.44. The van der Waals surface area contributed by atoms with Crippen LogP contribution in [0.2, 0.25) is 0 Å². The van der Waals surface area contributed by atoms with Crippen molar-refractivity contribution in [3.63, 3.8) is 0 Å². The van der Waals surface area contributed by atoms with Gasteiger partial charge in [-0.25, -0.2) is 13.8 Å². The Hall–Kier alpha value is -1.92. The van der Waals surface area contributed by atoms with Gasteiger partial charge < -0.3 is 15.5 Å². The molecule has 1 rings (SSSR count). The molecule has 0 aliphatic rings. The molecule has 1 heterocycles. The Morgan fingerprint density at radius 2 is 2.00 bits per heavy atom. The molecule has 21 heavy (non-hydrogen) atoms. The van der Waals surface area contributed by atoms with E-state index in [-0.39, 0.29) is 24.1 Å². The maximum atomic E-state index is 13.9. The van der Waals surface area contributed by atoms with E-state index in [1.165, 1.54) is 4.90 Å². The summed E-state index contributed by atoms with van der Waals surface area (Å²) < 4.78 is 27.6. The number of carbonyl (C=O) groups excluding carboxylic acids is 1. The van der Waals surface area contributed by atoms with Gasteiger partial charge in [-0.05, 0) is 20.3 Å². The zero-order valence-corrected chi connectivity index (χ0v) is 12.7.